The Morgan fingerprint density at radius 1 is 1.23 bits per heavy atom. The molecule has 0 radical (unpaired) electrons. The molecule has 1 atom stereocenters. The minimum absolute atomic E-state index is 0. The topological polar surface area (TPSA) is 60.4 Å². The van der Waals surface area contributed by atoms with Crippen LogP contribution in [0.15, 0.2) is 24.3 Å². The fourth-order valence-electron chi connectivity index (χ4n) is 0.637. The number of rotatable bonds is 0. The zero-order chi connectivity index (χ0) is 9.56. The van der Waals surface area contributed by atoms with E-state index in [4.69, 9.17) is 13.3 Å². The molecule has 0 heterocycles. The Balaban J connectivity index is -0.000000180. The molecule has 1 unspecified atom stereocenters. The van der Waals surface area contributed by atoms with E-state index in [2.05, 4.69) is 38.1 Å². The average molecular weight is 211 g/mol. The summed E-state index contributed by atoms with van der Waals surface area (Å²) in [6, 6.07) is 8.48. The van der Waals surface area contributed by atoms with Gasteiger partial charge in [-0.25, -0.2) is 4.21 Å². The van der Waals surface area contributed by atoms with Crippen molar-refractivity contribution in [3.05, 3.63) is 35.4 Å². The maximum Gasteiger partial charge on any atom is 1.00 e. The van der Waals surface area contributed by atoms with Crippen molar-refractivity contribution in [1.29, 1.82) is 0 Å². The summed E-state index contributed by atoms with van der Waals surface area (Å²) in [5, 5.41) is 0. The van der Waals surface area contributed by atoms with Gasteiger partial charge in [0.1, 0.15) is 0 Å². The van der Waals surface area contributed by atoms with Crippen LogP contribution in [0.1, 0.15) is 12.6 Å². The largest absolute Gasteiger partial charge is 1.00 e. The summed E-state index contributed by atoms with van der Waals surface area (Å²) in [6.07, 6.45) is 0. The van der Waals surface area contributed by atoms with Gasteiger partial charge in [-0.05, 0) is 13.8 Å². The molecular weight excluding hydrogens is 199 g/mol. The Bertz CT molecular complexity index is 228. The predicted molar refractivity (Wildman–Crippen MR) is 48.6 cm³/mol. The van der Waals surface area contributed by atoms with Crippen LogP contribution in [0.2, 0.25) is 0 Å². The molecule has 0 spiro atoms. The monoisotopic (exact) mass is 211 g/mol. The van der Waals surface area contributed by atoms with Gasteiger partial charge in [0, 0.05) is 0 Å². The van der Waals surface area contributed by atoms with Crippen LogP contribution in [0.4, 0.5) is 0 Å². The van der Waals surface area contributed by atoms with E-state index in [-0.39, 0.29) is 31.0 Å². The molecule has 1 rings (SSSR count). The van der Waals surface area contributed by atoms with E-state index in [9.17, 15) is 0 Å². The molecular formula is C8H12NaO3S-. The van der Waals surface area contributed by atoms with Gasteiger partial charge in [0.2, 0.25) is 0 Å². The van der Waals surface area contributed by atoms with E-state index in [1.807, 2.05) is 0 Å². The van der Waals surface area contributed by atoms with Crippen molar-refractivity contribution in [1.82, 2.24) is 0 Å². The van der Waals surface area contributed by atoms with E-state index in [0.717, 1.165) is 0 Å². The van der Waals surface area contributed by atoms with Gasteiger partial charge >= 0.3 is 29.6 Å². The second-order valence-corrected chi connectivity index (χ2v) is 2.81. The van der Waals surface area contributed by atoms with Gasteiger partial charge in [-0.15, -0.1) is 0 Å². The predicted octanol–water partition coefficient (Wildman–Crippen LogP) is -1.24. The zero-order valence-electron chi connectivity index (χ0n) is 8.98. The molecule has 70 valence electrons. The van der Waals surface area contributed by atoms with Crippen LogP contribution in [-0.2, 0) is 11.4 Å². The zero-order valence-corrected chi connectivity index (χ0v) is 10.8. The second-order valence-electron chi connectivity index (χ2n) is 2.37. The Hall–Kier alpha value is 0.290. The molecule has 1 aromatic rings. The van der Waals surface area contributed by atoms with E-state index >= 15 is 0 Å². The van der Waals surface area contributed by atoms with E-state index in [1.54, 1.807) is 0 Å². The average Bonchev–Trinajstić information content (AvgIpc) is 1.94. The molecule has 5 heteroatoms. The Morgan fingerprint density at radius 3 is 1.54 bits per heavy atom. The molecule has 13 heavy (non-hydrogen) atoms. The third kappa shape index (κ3) is 12.3. The quantitative estimate of drug-likeness (QED) is 0.431. The van der Waals surface area contributed by atoms with Gasteiger partial charge in [-0.1, -0.05) is 35.4 Å². The third-order valence-corrected chi connectivity index (χ3v) is 1.22. The summed E-state index contributed by atoms with van der Waals surface area (Å²) in [6.45, 7) is 4.19. The minimum Gasteiger partial charge on any atom is -1.00 e. The van der Waals surface area contributed by atoms with Gasteiger partial charge in [0.15, 0.2) is 0 Å². The van der Waals surface area contributed by atoms with Crippen molar-refractivity contribution < 1.29 is 44.3 Å². The van der Waals surface area contributed by atoms with Gasteiger partial charge in [-0.2, -0.15) is 0 Å². The molecule has 0 aliphatic heterocycles. The molecule has 0 aromatic heterocycles. The first-order valence-electron chi connectivity index (χ1n) is 3.34. The summed E-state index contributed by atoms with van der Waals surface area (Å²) >= 11 is -2.86. The Labute approximate surface area is 104 Å². The SMILES string of the molecule is Cc1ccc(C)cc1.O=S([O-])O.[H-].[Na+]. The molecule has 0 amide bonds. The van der Waals surface area contributed by atoms with Crippen molar-refractivity contribution in [2.45, 2.75) is 13.8 Å². The summed E-state index contributed by atoms with van der Waals surface area (Å²) in [5.41, 5.74) is 2.66. The van der Waals surface area contributed by atoms with Crippen molar-refractivity contribution in [2.75, 3.05) is 0 Å². The third-order valence-electron chi connectivity index (χ3n) is 1.22. The molecule has 0 saturated heterocycles. The van der Waals surface area contributed by atoms with E-state index < -0.39 is 11.4 Å². The fraction of sp³-hybridized carbons (Fsp3) is 0.250. The van der Waals surface area contributed by atoms with Crippen molar-refractivity contribution >= 4 is 11.4 Å². The smallest absolute Gasteiger partial charge is 1.00 e. The maximum absolute atomic E-state index is 8.56. The first kappa shape index (κ1) is 15.7. The van der Waals surface area contributed by atoms with Gasteiger partial charge in [-0.3, -0.25) is 0 Å². The standard InChI is InChI=1S/C8H10.Na.H2O3S.H/c1-7-3-5-8(2)6-4-7;;1-4(2)3;/h3-6H,1-2H3;;(H2,1,2,3);/q;+1;;-1/p-1. The molecule has 3 nitrogen and oxygen atoms in total. The summed E-state index contributed by atoms with van der Waals surface area (Å²) in [5.74, 6) is 0. The first-order valence-corrected chi connectivity index (χ1v) is 4.37. The van der Waals surface area contributed by atoms with Crippen LogP contribution >= 0.6 is 0 Å². The van der Waals surface area contributed by atoms with Crippen LogP contribution in [0.25, 0.3) is 0 Å². The van der Waals surface area contributed by atoms with Crippen molar-refractivity contribution in [3.63, 3.8) is 0 Å². The summed E-state index contributed by atoms with van der Waals surface area (Å²) in [7, 11) is 0. The van der Waals surface area contributed by atoms with Gasteiger partial charge in [0.25, 0.3) is 0 Å². The maximum atomic E-state index is 8.56. The van der Waals surface area contributed by atoms with Crippen molar-refractivity contribution in [3.8, 4) is 0 Å². The van der Waals surface area contributed by atoms with Crippen LogP contribution in [0, 0.1) is 13.8 Å². The number of aryl methyl sites for hydroxylation is 2. The summed E-state index contributed by atoms with van der Waals surface area (Å²) in [4.78, 5) is 0. The van der Waals surface area contributed by atoms with Crippen LogP contribution in [0.5, 0.6) is 0 Å². The minimum atomic E-state index is -2.86. The van der Waals surface area contributed by atoms with Gasteiger partial charge < -0.3 is 10.5 Å². The molecule has 1 N–H and O–H groups in total. The Morgan fingerprint density at radius 2 is 1.38 bits per heavy atom. The molecule has 0 fully saturated rings. The van der Waals surface area contributed by atoms with Gasteiger partial charge in [0.05, 0.1) is 11.4 Å². The molecule has 0 aliphatic carbocycles. The molecule has 0 saturated carbocycles. The number of benzene rings is 1. The number of hydrogen-bond acceptors (Lipinski definition) is 2. The second kappa shape index (κ2) is 8.87. The normalized spacial score (nSPS) is 10.5. The van der Waals surface area contributed by atoms with E-state index in [1.165, 1.54) is 11.1 Å². The first-order chi connectivity index (χ1) is 5.52. The van der Waals surface area contributed by atoms with Crippen LogP contribution < -0.4 is 29.6 Å². The van der Waals surface area contributed by atoms with Crippen LogP contribution in [-0.4, -0.2) is 13.3 Å². The van der Waals surface area contributed by atoms with Crippen LogP contribution in [0.3, 0.4) is 0 Å². The Kier molecular flexibility index (Phi) is 10.7. The molecule has 1 aromatic carbocycles. The summed E-state index contributed by atoms with van der Waals surface area (Å²) < 4.78 is 24.1. The number of hydrogen-bond donors (Lipinski definition) is 1. The molecule has 0 aliphatic rings. The fourth-order valence-corrected chi connectivity index (χ4v) is 0.637. The molecule has 0 bridgehead atoms. The van der Waals surface area contributed by atoms with Crippen molar-refractivity contribution in [2.24, 2.45) is 0 Å². The van der Waals surface area contributed by atoms with E-state index in [0.29, 0.717) is 0 Å².